The van der Waals surface area contributed by atoms with E-state index in [0.29, 0.717) is 13.1 Å². The number of hydrogen-bond acceptors (Lipinski definition) is 4. The molecule has 1 aromatic heterocycles. The molecule has 1 amide bonds. The highest BCUT2D eigenvalue weighted by Gasteiger charge is 2.30. The molecular weight excluding hydrogens is 206 g/mol. The number of amides is 1. The highest BCUT2D eigenvalue weighted by molar-refractivity contribution is 5.83. The lowest BCUT2D eigenvalue weighted by molar-refractivity contribution is -0.129. The number of likely N-dealkylation sites (tertiary alicyclic amines) is 1. The average Bonchev–Trinajstić information content (AvgIpc) is 2.89. The Morgan fingerprint density at radius 1 is 1.56 bits per heavy atom. The van der Waals surface area contributed by atoms with Crippen molar-refractivity contribution in [3.05, 3.63) is 12.4 Å². The van der Waals surface area contributed by atoms with Crippen LogP contribution in [0.5, 0.6) is 0 Å². The van der Waals surface area contributed by atoms with Gasteiger partial charge in [-0.1, -0.05) is 12.1 Å². The zero-order valence-electron chi connectivity index (χ0n) is 9.46. The topological polar surface area (TPSA) is 63.1 Å². The van der Waals surface area contributed by atoms with Crippen LogP contribution >= 0.6 is 0 Å². The number of likely N-dealkylation sites (N-methyl/N-ethyl adjacent to an activating group) is 1. The summed E-state index contributed by atoms with van der Waals surface area (Å²) in [5.74, 6) is 0.210. The summed E-state index contributed by atoms with van der Waals surface area (Å²) in [4.78, 5) is 13.8. The Morgan fingerprint density at radius 2 is 2.44 bits per heavy atom. The van der Waals surface area contributed by atoms with Crippen molar-refractivity contribution in [2.45, 2.75) is 25.9 Å². The number of aromatic nitrogens is 3. The van der Waals surface area contributed by atoms with Gasteiger partial charge in [-0.25, -0.2) is 0 Å². The van der Waals surface area contributed by atoms with Crippen LogP contribution in [0.3, 0.4) is 0 Å². The summed E-state index contributed by atoms with van der Waals surface area (Å²) < 4.78 is 1.74. The third-order valence-electron chi connectivity index (χ3n) is 2.82. The lowest BCUT2D eigenvalue weighted by atomic mass is 10.2. The molecule has 1 aliphatic heterocycles. The van der Waals surface area contributed by atoms with Gasteiger partial charge in [0.2, 0.25) is 5.91 Å². The highest BCUT2D eigenvalue weighted by atomic mass is 16.2. The third-order valence-corrected chi connectivity index (χ3v) is 2.82. The molecule has 1 aliphatic rings. The van der Waals surface area contributed by atoms with Crippen LogP contribution in [0.2, 0.25) is 0 Å². The molecule has 1 atom stereocenters. The number of carbonyl (C=O) groups excluding carboxylic acids is 1. The minimum Gasteiger partial charge on any atom is -0.339 e. The first kappa shape index (κ1) is 11.1. The van der Waals surface area contributed by atoms with Crippen molar-refractivity contribution in [3.8, 4) is 0 Å². The third kappa shape index (κ3) is 2.38. The molecular formula is C10H17N5O. The maximum absolute atomic E-state index is 11.9. The molecule has 1 aromatic rings. The van der Waals surface area contributed by atoms with Crippen molar-refractivity contribution in [2.24, 2.45) is 0 Å². The van der Waals surface area contributed by atoms with E-state index < -0.39 is 0 Å². The standard InChI is InChI=1S/C10H17N5O/c1-2-11-9-3-5-14(10(9)16)7-8-15-6-4-12-13-15/h4,6,9,11H,2-3,5,7-8H2,1H3. The molecule has 88 valence electrons. The molecule has 1 fully saturated rings. The number of nitrogens with zero attached hydrogens (tertiary/aromatic N) is 4. The fraction of sp³-hybridized carbons (Fsp3) is 0.700. The molecule has 1 N–H and O–H groups in total. The van der Waals surface area contributed by atoms with Crippen molar-refractivity contribution >= 4 is 5.91 Å². The number of hydrogen-bond donors (Lipinski definition) is 1. The molecule has 1 unspecified atom stereocenters. The van der Waals surface area contributed by atoms with E-state index in [1.807, 2.05) is 18.0 Å². The normalized spacial score (nSPS) is 20.7. The van der Waals surface area contributed by atoms with Crippen LogP contribution in [-0.2, 0) is 11.3 Å². The lowest BCUT2D eigenvalue weighted by Crippen LogP contribution is -2.39. The van der Waals surface area contributed by atoms with Crippen molar-refractivity contribution in [1.82, 2.24) is 25.2 Å². The molecule has 6 nitrogen and oxygen atoms in total. The molecule has 0 bridgehead atoms. The predicted octanol–water partition coefficient (Wildman–Crippen LogP) is -0.511. The summed E-state index contributed by atoms with van der Waals surface area (Å²) in [5.41, 5.74) is 0. The van der Waals surface area contributed by atoms with E-state index in [1.54, 1.807) is 10.9 Å². The molecule has 2 heterocycles. The number of carbonyl (C=O) groups is 1. The van der Waals surface area contributed by atoms with Gasteiger partial charge in [0.1, 0.15) is 0 Å². The van der Waals surface area contributed by atoms with E-state index >= 15 is 0 Å². The van der Waals surface area contributed by atoms with E-state index in [9.17, 15) is 4.79 Å². The molecule has 0 aromatic carbocycles. The predicted molar refractivity (Wildman–Crippen MR) is 58.7 cm³/mol. The fourth-order valence-corrected chi connectivity index (χ4v) is 1.97. The van der Waals surface area contributed by atoms with Gasteiger partial charge in [-0.15, -0.1) is 5.10 Å². The van der Waals surface area contributed by atoms with Crippen LogP contribution in [0.15, 0.2) is 12.4 Å². The highest BCUT2D eigenvalue weighted by Crippen LogP contribution is 2.10. The Hall–Kier alpha value is -1.43. The van der Waals surface area contributed by atoms with Crippen molar-refractivity contribution in [2.75, 3.05) is 19.6 Å². The van der Waals surface area contributed by atoms with Gasteiger partial charge in [-0.05, 0) is 13.0 Å². The van der Waals surface area contributed by atoms with Gasteiger partial charge in [0.15, 0.2) is 0 Å². The summed E-state index contributed by atoms with van der Waals surface area (Å²) in [6.07, 6.45) is 4.36. The van der Waals surface area contributed by atoms with Gasteiger partial charge in [0.25, 0.3) is 0 Å². The summed E-state index contributed by atoms with van der Waals surface area (Å²) >= 11 is 0. The van der Waals surface area contributed by atoms with Gasteiger partial charge in [0, 0.05) is 19.3 Å². The second-order valence-corrected chi connectivity index (χ2v) is 3.89. The number of nitrogens with one attached hydrogen (secondary N) is 1. The van der Waals surface area contributed by atoms with E-state index in [2.05, 4.69) is 15.6 Å². The zero-order chi connectivity index (χ0) is 11.4. The first-order chi connectivity index (χ1) is 7.81. The minimum absolute atomic E-state index is 0.0146. The lowest BCUT2D eigenvalue weighted by Gasteiger charge is -2.16. The molecule has 1 saturated heterocycles. The summed E-state index contributed by atoms with van der Waals surface area (Å²) in [7, 11) is 0. The molecule has 16 heavy (non-hydrogen) atoms. The van der Waals surface area contributed by atoms with Gasteiger partial charge < -0.3 is 10.2 Å². The van der Waals surface area contributed by atoms with Crippen LogP contribution in [0.1, 0.15) is 13.3 Å². The largest absolute Gasteiger partial charge is 0.339 e. The maximum Gasteiger partial charge on any atom is 0.239 e. The molecule has 0 saturated carbocycles. The van der Waals surface area contributed by atoms with Gasteiger partial charge >= 0.3 is 0 Å². The summed E-state index contributed by atoms with van der Waals surface area (Å²) in [5, 5.41) is 10.8. The van der Waals surface area contributed by atoms with Gasteiger partial charge in [0.05, 0.1) is 18.8 Å². The average molecular weight is 223 g/mol. The Kier molecular flexibility index (Phi) is 3.51. The Bertz CT molecular complexity index is 337. The van der Waals surface area contributed by atoms with Crippen molar-refractivity contribution in [1.29, 1.82) is 0 Å². The monoisotopic (exact) mass is 223 g/mol. The van der Waals surface area contributed by atoms with E-state index in [-0.39, 0.29) is 11.9 Å². The van der Waals surface area contributed by atoms with Crippen molar-refractivity contribution < 1.29 is 4.79 Å². The molecule has 6 heteroatoms. The first-order valence-electron chi connectivity index (χ1n) is 5.67. The van der Waals surface area contributed by atoms with Gasteiger partial charge in [-0.3, -0.25) is 9.48 Å². The van der Waals surface area contributed by atoms with E-state index in [1.165, 1.54) is 0 Å². The van der Waals surface area contributed by atoms with E-state index in [4.69, 9.17) is 0 Å². The SMILES string of the molecule is CCNC1CCN(CCn2ccnn2)C1=O. The summed E-state index contributed by atoms with van der Waals surface area (Å²) in [6, 6.07) is 0.0146. The summed E-state index contributed by atoms with van der Waals surface area (Å²) in [6.45, 7) is 5.12. The fourth-order valence-electron chi connectivity index (χ4n) is 1.97. The van der Waals surface area contributed by atoms with Gasteiger partial charge in [-0.2, -0.15) is 0 Å². The smallest absolute Gasteiger partial charge is 0.239 e. The van der Waals surface area contributed by atoms with Crippen LogP contribution in [0.4, 0.5) is 0 Å². The Morgan fingerprint density at radius 3 is 3.12 bits per heavy atom. The number of rotatable bonds is 5. The van der Waals surface area contributed by atoms with Crippen LogP contribution in [-0.4, -0.2) is 51.5 Å². The maximum atomic E-state index is 11.9. The molecule has 0 spiro atoms. The Labute approximate surface area is 94.6 Å². The van der Waals surface area contributed by atoms with Crippen LogP contribution in [0, 0.1) is 0 Å². The second-order valence-electron chi connectivity index (χ2n) is 3.89. The molecule has 2 rings (SSSR count). The molecule has 0 aliphatic carbocycles. The quantitative estimate of drug-likeness (QED) is 0.730. The zero-order valence-corrected chi connectivity index (χ0v) is 9.46. The van der Waals surface area contributed by atoms with Crippen LogP contribution in [0.25, 0.3) is 0 Å². The Balaban J connectivity index is 1.81. The molecule has 0 radical (unpaired) electrons. The van der Waals surface area contributed by atoms with E-state index in [0.717, 1.165) is 19.5 Å². The van der Waals surface area contributed by atoms with Crippen LogP contribution < -0.4 is 5.32 Å². The minimum atomic E-state index is 0.0146. The first-order valence-corrected chi connectivity index (χ1v) is 5.67. The van der Waals surface area contributed by atoms with Crippen molar-refractivity contribution in [3.63, 3.8) is 0 Å². The second kappa shape index (κ2) is 5.07.